The summed E-state index contributed by atoms with van der Waals surface area (Å²) < 4.78 is 5.51. The van der Waals surface area contributed by atoms with Gasteiger partial charge in [-0.3, -0.25) is 9.78 Å². The molecule has 0 unspecified atom stereocenters. The number of hydrogen-bond acceptors (Lipinski definition) is 4. The lowest BCUT2D eigenvalue weighted by Gasteiger charge is -2.22. The SMILES string of the molecule is O=Cc1cncc(-c2ccccc2OC(=O)NC2CCCCC2)c1. The van der Waals surface area contributed by atoms with Crippen LogP contribution in [0.5, 0.6) is 5.75 Å². The fourth-order valence-electron chi connectivity index (χ4n) is 3.01. The third kappa shape index (κ3) is 3.98. The summed E-state index contributed by atoms with van der Waals surface area (Å²) in [5.41, 5.74) is 1.95. The average molecular weight is 324 g/mol. The molecule has 0 spiro atoms. The molecule has 124 valence electrons. The number of aldehydes is 1. The van der Waals surface area contributed by atoms with Gasteiger partial charge in [0.2, 0.25) is 0 Å². The van der Waals surface area contributed by atoms with Crippen molar-refractivity contribution >= 4 is 12.4 Å². The second kappa shape index (κ2) is 7.73. The summed E-state index contributed by atoms with van der Waals surface area (Å²) in [5, 5.41) is 2.94. The van der Waals surface area contributed by atoms with Crippen molar-refractivity contribution in [1.82, 2.24) is 10.3 Å². The summed E-state index contributed by atoms with van der Waals surface area (Å²) in [5.74, 6) is 0.454. The van der Waals surface area contributed by atoms with E-state index in [1.54, 1.807) is 18.3 Å². The molecular weight excluding hydrogens is 304 g/mol. The van der Waals surface area contributed by atoms with E-state index in [9.17, 15) is 9.59 Å². The number of carbonyl (C=O) groups excluding carboxylic acids is 2. The molecule has 24 heavy (non-hydrogen) atoms. The zero-order valence-electron chi connectivity index (χ0n) is 13.4. The molecule has 1 aliphatic rings. The van der Waals surface area contributed by atoms with Crippen LogP contribution < -0.4 is 10.1 Å². The highest BCUT2D eigenvalue weighted by Crippen LogP contribution is 2.30. The molecule has 2 aromatic rings. The van der Waals surface area contributed by atoms with E-state index in [1.165, 1.54) is 12.6 Å². The van der Waals surface area contributed by atoms with Gasteiger partial charge in [-0.05, 0) is 25.0 Å². The monoisotopic (exact) mass is 324 g/mol. The van der Waals surface area contributed by atoms with Crippen molar-refractivity contribution in [3.63, 3.8) is 0 Å². The molecule has 0 aliphatic heterocycles. The maximum atomic E-state index is 12.2. The van der Waals surface area contributed by atoms with Crippen molar-refractivity contribution < 1.29 is 14.3 Å². The van der Waals surface area contributed by atoms with Crippen LogP contribution in [-0.2, 0) is 0 Å². The Balaban J connectivity index is 1.76. The normalized spacial score (nSPS) is 14.8. The summed E-state index contributed by atoms with van der Waals surface area (Å²) in [6.07, 6.45) is 8.98. The summed E-state index contributed by atoms with van der Waals surface area (Å²) in [6.45, 7) is 0. The third-order valence-electron chi connectivity index (χ3n) is 4.22. The minimum atomic E-state index is -0.436. The van der Waals surface area contributed by atoms with Crippen molar-refractivity contribution in [3.8, 4) is 16.9 Å². The zero-order chi connectivity index (χ0) is 16.8. The van der Waals surface area contributed by atoms with Crippen molar-refractivity contribution in [2.45, 2.75) is 38.1 Å². The van der Waals surface area contributed by atoms with E-state index in [-0.39, 0.29) is 6.04 Å². The molecule has 0 bridgehead atoms. The number of pyridine rings is 1. The van der Waals surface area contributed by atoms with Gasteiger partial charge in [-0.1, -0.05) is 37.5 Å². The lowest BCUT2D eigenvalue weighted by Crippen LogP contribution is -2.38. The Bertz CT molecular complexity index is 724. The second-order valence-corrected chi connectivity index (χ2v) is 5.99. The van der Waals surface area contributed by atoms with Crippen LogP contribution in [-0.4, -0.2) is 23.4 Å². The van der Waals surface area contributed by atoms with Gasteiger partial charge in [0, 0.05) is 35.1 Å². The van der Waals surface area contributed by atoms with Gasteiger partial charge >= 0.3 is 6.09 Å². The number of nitrogens with one attached hydrogen (secondary N) is 1. The van der Waals surface area contributed by atoms with Crippen LogP contribution in [0.2, 0.25) is 0 Å². The maximum absolute atomic E-state index is 12.2. The molecular formula is C19H20N2O3. The molecule has 1 aliphatic carbocycles. The molecule has 5 nitrogen and oxygen atoms in total. The van der Waals surface area contributed by atoms with E-state index in [2.05, 4.69) is 10.3 Å². The van der Waals surface area contributed by atoms with Crippen LogP contribution in [0.4, 0.5) is 4.79 Å². The Kier molecular flexibility index (Phi) is 5.21. The van der Waals surface area contributed by atoms with Gasteiger partial charge in [0.15, 0.2) is 6.29 Å². The van der Waals surface area contributed by atoms with Gasteiger partial charge in [-0.15, -0.1) is 0 Å². The van der Waals surface area contributed by atoms with E-state index in [0.717, 1.165) is 43.1 Å². The van der Waals surface area contributed by atoms with Crippen molar-refractivity contribution in [3.05, 3.63) is 48.3 Å². The van der Waals surface area contributed by atoms with Gasteiger partial charge < -0.3 is 10.1 Å². The van der Waals surface area contributed by atoms with Gasteiger partial charge in [0.1, 0.15) is 5.75 Å². The zero-order valence-corrected chi connectivity index (χ0v) is 13.4. The summed E-state index contributed by atoms with van der Waals surface area (Å²) in [6, 6.07) is 9.16. The van der Waals surface area contributed by atoms with E-state index in [1.807, 2.05) is 18.2 Å². The van der Waals surface area contributed by atoms with Crippen LogP contribution in [0.25, 0.3) is 11.1 Å². The first kappa shape index (κ1) is 16.2. The molecule has 1 N–H and O–H groups in total. The number of rotatable bonds is 4. The highest BCUT2D eigenvalue weighted by Gasteiger charge is 2.18. The molecule has 0 radical (unpaired) electrons. The smallest absolute Gasteiger partial charge is 0.410 e. The number of hydrogen-bond donors (Lipinski definition) is 1. The molecule has 1 fully saturated rings. The Labute approximate surface area is 141 Å². The molecule has 5 heteroatoms. The number of para-hydroxylation sites is 1. The predicted octanol–water partition coefficient (Wildman–Crippen LogP) is 3.98. The molecule has 0 atom stereocenters. The maximum Gasteiger partial charge on any atom is 0.412 e. The standard InChI is InChI=1S/C19H20N2O3/c22-13-14-10-15(12-20-11-14)17-8-4-5-9-18(17)24-19(23)21-16-6-2-1-3-7-16/h4-5,8-13,16H,1-3,6-7H2,(H,21,23). The Morgan fingerprint density at radius 2 is 1.96 bits per heavy atom. The minimum absolute atomic E-state index is 0.193. The number of ether oxygens (including phenoxy) is 1. The number of benzene rings is 1. The predicted molar refractivity (Wildman–Crippen MR) is 91.1 cm³/mol. The van der Waals surface area contributed by atoms with Gasteiger partial charge in [-0.25, -0.2) is 4.79 Å². The molecule has 0 saturated heterocycles. The largest absolute Gasteiger partial charge is 0.412 e. The van der Waals surface area contributed by atoms with E-state index < -0.39 is 6.09 Å². The van der Waals surface area contributed by atoms with Crippen molar-refractivity contribution in [2.24, 2.45) is 0 Å². The average Bonchev–Trinajstić information content (AvgIpc) is 2.63. The van der Waals surface area contributed by atoms with Gasteiger partial charge in [0.05, 0.1) is 0 Å². The number of carbonyl (C=O) groups is 2. The Morgan fingerprint density at radius 1 is 1.17 bits per heavy atom. The fourth-order valence-corrected chi connectivity index (χ4v) is 3.01. The van der Waals surface area contributed by atoms with Crippen molar-refractivity contribution in [1.29, 1.82) is 0 Å². The van der Waals surface area contributed by atoms with E-state index >= 15 is 0 Å². The molecule has 1 aromatic heterocycles. The Hall–Kier alpha value is -2.69. The first-order chi connectivity index (χ1) is 11.8. The lowest BCUT2D eigenvalue weighted by atomic mass is 9.96. The van der Waals surface area contributed by atoms with Crippen molar-refractivity contribution in [2.75, 3.05) is 0 Å². The number of amides is 1. The highest BCUT2D eigenvalue weighted by atomic mass is 16.6. The molecule has 1 aromatic carbocycles. The Morgan fingerprint density at radius 3 is 2.75 bits per heavy atom. The van der Waals surface area contributed by atoms with Crippen LogP contribution in [0.1, 0.15) is 42.5 Å². The van der Waals surface area contributed by atoms with Gasteiger partial charge in [0.25, 0.3) is 0 Å². The second-order valence-electron chi connectivity index (χ2n) is 5.99. The molecule has 1 amide bonds. The van der Waals surface area contributed by atoms with E-state index in [4.69, 9.17) is 4.74 Å². The van der Waals surface area contributed by atoms with Crippen LogP contribution in [0.15, 0.2) is 42.7 Å². The summed E-state index contributed by atoms with van der Waals surface area (Å²) in [4.78, 5) is 27.2. The topological polar surface area (TPSA) is 68.3 Å². The lowest BCUT2D eigenvalue weighted by molar-refractivity contribution is 0.112. The molecule has 3 rings (SSSR count). The highest BCUT2D eigenvalue weighted by molar-refractivity contribution is 5.81. The van der Waals surface area contributed by atoms with Gasteiger partial charge in [-0.2, -0.15) is 0 Å². The van der Waals surface area contributed by atoms with Crippen LogP contribution >= 0.6 is 0 Å². The van der Waals surface area contributed by atoms with Crippen LogP contribution in [0.3, 0.4) is 0 Å². The fraction of sp³-hybridized carbons (Fsp3) is 0.316. The number of nitrogens with zero attached hydrogens (tertiary/aromatic N) is 1. The van der Waals surface area contributed by atoms with Crippen LogP contribution in [0, 0.1) is 0 Å². The first-order valence-corrected chi connectivity index (χ1v) is 8.24. The number of aromatic nitrogens is 1. The quantitative estimate of drug-likeness (QED) is 0.864. The van der Waals surface area contributed by atoms with E-state index in [0.29, 0.717) is 11.3 Å². The first-order valence-electron chi connectivity index (χ1n) is 8.24. The summed E-state index contributed by atoms with van der Waals surface area (Å²) in [7, 11) is 0. The third-order valence-corrected chi connectivity index (χ3v) is 4.22. The summed E-state index contributed by atoms with van der Waals surface area (Å²) >= 11 is 0. The molecule has 1 heterocycles. The molecule has 1 saturated carbocycles. The minimum Gasteiger partial charge on any atom is -0.410 e.